The summed E-state index contributed by atoms with van der Waals surface area (Å²) in [4.78, 5) is 4.82. The van der Waals surface area contributed by atoms with E-state index in [1.807, 2.05) is 6.26 Å². The quantitative estimate of drug-likeness (QED) is 0.837. The van der Waals surface area contributed by atoms with Crippen LogP contribution in [0.2, 0.25) is 0 Å². The van der Waals surface area contributed by atoms with Gasteiger partial charge in [-0.15, -0.1) is 0 Å². The van der Waals surface area contributed by atoms with Gasteiger partial charge in [-0.25, -0.2) is 0 Å². The molecule has 120 valence electrons. The second kappa shape index (κ2) is 7.97. The maximum absolute atomic E-state index is 5.70. The summed E-state index contributed by atoms with van der Waals surface area (Å²) in [5.74, 6) is 1.96. The molecule has 1 fully saturated rings. The van der Waals surface area contributed by atoms with Crippen LogP contribution in [0.25, 0.3) is 0 Å². The van der Waals surface area contributed by atoms with Crippen LogP contribution in [-0.4, -0.2) is 49.6 Å². The molecule has 0 radical (unpaired) electrons. The molecule has 0 spiro atoms. The van der Waals surface area contributed by atoms with Crippen LogP contribution in [0.3, 0.4) is 0 Å². The third-order valence-corrected chi connectivity index (χ3v) is 4.13. The number of furan rings is 1. The molecule has 1 aliphatic heterocycles. The first kappa shape index (κ1) is 16.5. The van der Waals surface area contributed by atoms with Crippen LogP contribution in [-0.2, 0) is 13.1 Å². The van der Waals surface area contributed by atoms with Gasteiger partial charge in [0.1, 0.15) is 5.76 Å². The Labute approximate surface area is 129 Å². The molecule has 0 bridgehead atoms. The molecule has 0 aromatic carbocycles. The van der Waals surface area contributed by atoms with E-state index in [0.717, 1.165) is 24.8 Å². The number of nitrogens with one attached hydrogen (secondary N) is 1. The molecular formula is C17H31N3O. The van der Waals surface area contributed by atoms with Crippen molar-refractivity contribution < 1.29 is 4.42 Å². The first-order valence-corrected chi connectivity index (χ1v) is 8.19. The standard InChI is InChI=1S/C17H31N3O/c1-14(2)18-10-16-9-17(21-13-16)12-20-7-5-15(6-8-20)11-19(3)4/h9,13-15,18H,5-8,10-12H2,1-4H3. The van der Waals surface area contributed by atoms with Crippen molar-refractivity contribution in [2.45, 2.75) is 45.8 Å². The third-order valence-electron chi connectivity index (χ3n) is 4.13. The summed E-state index contributed by atoms with van der Waals surface area (Å²) in [6, 6.07) is 2.71. The Balaban J connectivity index is 1.73. The predicted molar refractivity (Wildman–Crippen MR) is 87.2 cm³/mol. The molecule has 2 rings (SSSR count). The fraction of sp³-hybridized carbons (Fsp3) is 0.765. The molecule has 21 heavy (non-hydrogen) atoms. The van der Waals surface area contributed by atoms with Crippen LogP contribution < -0.4 is 5.32 Å². The molecular weight excluding hydrogens is 262 g/mol. The molecule has 1 N–H and O–H groups in total. The Kier molecular flexibility index (Phi) is 6.27. The first-order chi connectivity index (χ1) is 10.0. The Morgan fingerprint density at radius 1 is 1.33 bits per heavy atom. The number of rotatable bonds is 7. The summed E-state index contributed by atoms with van der Waals surface area (Å²) in [5, 5.41) is 3.42. The molecule has 0 unspecified atom stereocenters. The number of hydrogen-bond acceptors (Lipinski definition) is 4. The topological polar surface area (TPSA) is 31.7 Å². The lowest BCUT2D eigenvalue weighted by atomic mass is 9.96. The predicted octanol–water partition coefficient (Wildman–Crippen LogP) is 2.55. The maximum atomic E-state index is 5.70. The molecule has 1 aromatic rings. The molecule has 0 amide bonds. The second-order valence-electron chi connectivity index (χ2n) is 6.94. The van der Waals surface area contributed by atoms with E-state index in [1.54, 1.807) is 0 Å². The van der Waals surface area contributed by atoms with Gasteiger partial charge in [0.05, 0.1) is 12.8 Å². The minimum Gasteiger partial charge on any atom is -0.468 e. The van der Waals surface area contributed by atoms with E-state index in [0.29, 0.717) is 6.04 Å². The highest BCUT2D eigenvalue weighted by molar-refractivity contribution is 5.12. The highest BCUT2D eigenvalue weighted by atomic mass is 16.3. The minimum absolute atomic E-state index is 0.513. The monoisotopic (exact) mass is 293 g/mol. The molecule has 1 saturated heterocycles. The van der Waals surface area contributed by atoms with E-state index < -0.39 is 0 Å². The largest absolute Gasteiger partial charge is 0.468 e. The second-order valence-corrected chi connectivity index (χ2v) is 6.94. The Bertz CT molecular complexity index is 406. The molecule has 1 aromatic heterocycles. The maximum Gasteiger partial charge on any atom is 0.118 e. The Morgan fingerprint density at radius 3 is 2.67 bits per heavy atom. The van der Waals surface area contributed by atoms with Crippen LogP contribution in [0.4, 0.5) is 0 Å². The van der Waals surface area contributed by atoms with Crippen molar-refractivity contribution in [1.29, 1.82) is 0 Å². The zero-order valence-corrected chi connectivity index (χ0v) is 14.1. The van der Waals surface area contributed by atoms with E-state index in [9.17, 15) is 0 Å². The van der Waals surface area contributed by atoms with Gasteiger partial charge in [-0.2, -0.15) is 0 Å². The van der Waals surface area contributed by atoms with Gasteiger partial charge in [-0.05, 0) is 52.0 Å². The summed E-state index contributed by atoms with van der Waals surface area (Å²) >= 11 is 0. The number of nitrogens with zero attached hydrogens (tertiary/aromatic N) is 2. The number of likely N-dealkylation sites (tertiary alicyclic amines) is 1. The van der Waals surface area contributed by atoms with Crippen LogP contribution in [0.5, 0.6) is 0 Å². The van der Waals surface area contributed by atoms with Gasteiger partial charge in [-0.3, -0.25) is 4.90 Å². The summed E-state index contributed by atoms with van der Waals surface area (Å²) in [6.07, 6.45) is 4.50. The van der Waals surface area contributed by atoms with Crippen molar-refractivity contribution in [2.24, 2.45) is 5.92 Å². The van der Waals surface area contributed by atoms with E-state index in [2.05, 4.69) is 49.1 Å². The van der Waals surface area contributed by atoms with Crippen LogP contribution in [0.1, 0.15) is 38.0 Å². The van der Waals surface area contributed by atoms with Crippen molar-refractivity contribution in [1.82, 2.24) is 15.1 Å². The van der Waals surface area contributed by atoms with Gasteiger partial charge in [-0.1, -0.05) is 13.8 Å². The van der Waals surface area contributed by atoms with Crippen LogP contribution >= 0.6 is 0 Å². The molecule has 4 heteroatoms. The van der Waals surface area contributed by atoms with Gasteiger partial charge in [0.15, 0.2) is 0 Å². The molecule has 2 heterocycles. The van der Waals surface area contributed by atoms with Gasteiger partial charge >= 0.3 is 0 Å². The van der Waals surface area contributed by atoms with Crippen molar-refractivity contribution in [2.75, 3.05) is 33.7 Å². The Morgan fingerprint density at radius 2 is 2.05 bits per heavy atom. The fourth-order valence-electron chi connectivity index (χ4n) is 2.99. The zero-order chi connectivity index (χ0) is 15.2. The lowest BCUT2D eigenvalue weighted by molar-refractivity contribution is 0.149. The third kappa shape index (κ3) is 5.81. The summed E-state index contributed by atoms with van der Waals surface area (Å²) in [5.41, 5.74) is 1.25. The average Bonchev–Trinajstić information content (AvgIpc) is 2.86. The SMILES string of the molecule is CC(C)NCc1coc(CN2CCC(CN(C)C)CC2)c1. The summed E-state index contributed by atoms with van der Waals surface area (Å²) in [7, 11) is 4.34. The van der Waals surface area contributed by atoms with E-state index in [4.69, 9.17) is 4.42 Å². The van der Waals surface area contributed by atoms with Crippen molar-refractivity contribution in [3.8, 4) is 0 Å². The highest BCUT2D eigenvalue weighted by Crippen LogP contribution is 2.20. The van der Waals surface area contributed by atoms with Crippen LogP contribution in [0, 0.1) is 5.92 Å². The fourth-order valence-corrected chi connectivity index (χ4v) is 2.99. The van der Waals surface area contributed by atoms with Crippen molar-refractivity contribution in [3.05, 3.63) is 23.7 Å². The molecule has 1 aliphatic rings. The Hall–Kier alpha value is -0.840. The lowest BCUT2D eigenvalue weighted by Crippen LogP contribution is -2.36. The molecule has 0 aliphatic carbocycles. The average molecular weight is 293 g/mol. The molecule has 0 saturated carbocycles. The summed E-state index contributed by atoms with van der Waals surface area (Å²) < 4.78 is 5.70. The van der Waals surface area contributed by atoms with Crippen molar-refractivity contribution >= 4 is 0 Å². The minimum atomic E-state index is 0.513. The van der Waals surface area contributed by atoms with Gasteiger partial charge < -0.3 is 14.6 Å². The van der Waals surface area contributed by atoms with E-state index in [-0.39, 0.29) is 0 Å². The van der Waals surface area contributed by atoms with E-state index in [1.165, 1.54) is 38.0 Å². The number of piperidine rings is 1. The molecule has 4 nitrogen and oxygen atoms in total. The zero-order valence-electron chi connectivity index (χ0n) is 14.1. The first-order valence-electron chi connectivity index (χ1n) is 8.19. The van der Waals surface area contributed by atoms with Crippen molar-refractivity contribution in [3.63, 3.8) is 0 Å². The van der Waals surface area contributed by atoms with Gasteiger partial charge in [0, 0.05) is 24.7 Å². The summed E-state index contributed by atoms with van der Waals surface area (Å²) in [6.45, 7) is 9.79. The number of hydrogen-bond donors (Lipinski definition) is 1. The van der Waals surface area contributed by atoms with Gasteiger partial charge in [0.2, 0.25) is 0 Å². The highest BCUT2D eigenvalue weighted by Gasteiger charge is 2.20. The van der Waals surface area contributed by atoms with E-state index >= 15 is 0 Å². The van der Waals surface area contributed by atoms with Crippen LogP contribution in [0.15, 0.2) is 16.7 Å². The smallest absolute Gasteiger partial charge is 0.118 e. The lowest BCUT2D eigenvalue weighted by Gasteiger charge is -2.32. The van der Waals surface area contributed by atoms with Gasteiger partial charge in [0.25, 0.3) is 0 Å². The molecule has 0 atom stereocenters. The normalized spacial score (nSPS) is 18.0.